The number of anilines is 1. The fraction of sp³-hybridized carbons (Fsp3) is 0.174. The van der Waals surface area contributed by atoms with Gasteiger partial charge in [0.05, 0.1) is 0 Å². The fourth-order valence-corrected chi connectivity index (χ4v) is 2.82. The molecule has 2 amide bonds. The van der Waals surface area contributed by atoms with Crippen LogP contribution in [0, 0.1) is 6.92 Å². The van der Waals surface area contributed by atoms with Crippen molar-refractivity contribution in [3.05, 3.63) is 93.9 Å². The molecule has 29 heavy (non-hydrogen) atoms. The molecule has 1 aromatic heterocycles. The number of nitrogens with zero attached hydrogens (tertiary/aromatic N) is 1. The highest BCUT2D eigenvalue weighted by atomic mass is 16.2. The van der Waals surface area contributed by atoms with Crippen molar-refractivity contribution in [2.45, 2.75) is 26.8 Å². The van der Waals surface area contributed by atoms with Crippen molar-refractivity contribution in [1.82, 2.24) is 9.88 Å². The Morgan fingerprint density at radius 2 is 1.55 bits per heavy atom. The monoisotopic (exact) mass is 389 g/mol. The summed E-state index contributed by atoms with van der Waals surface area (Å²) >= 11 is 0. The number of pyridine rings is 1. The molecule has 6 heteroatoms. The zero-order chi connectivity index (χ0) is 21.0. The summed E-state index contributed by atoms with van der Waals surface area (Å²) in [6, 6.07) is 17.3. The molecule has 0 radical (unpaired) electrons. The molecular formula is C23H23N3O3. The van der Waals surface area contributed by atoms with Gasteiger partial charge < -0.3 is 10.6 Å². The molecule has 0 unspecified atom stereocenters. The minimum Gasteiger partial charge on any atom is -0.350 e. The molecule has 6 nitrogen and oxygen atoms in total. The SMILES string of the molecule is Cc1ccc(C(=O)Nc2ccc(-n3cccc(C(=O)NC(C)C)c3=O)cc2)cc1. The van der Waals surface area contributed by atoms with Crippen LogP contribution in [0.4, 0.5) is 5.69 Å². The summed E-state index contributed by atoms with van der Waals surface area (Å²) < 4.78 is 1.40. The van der Waals surface area contributed by atoms with E-state index in [0.717, 1.165) is 5.56 Å². The first-order valence-corrected chi connectivity index (χ1v) is 9.36. The van der Waals surface area contributed by atoms with Crippen molar-refractivity contribution in [1.29, 1.82) is 0 Å². The smallest absolute Gasteiger partial charge is 0.267 e. The number of carbonyl (C=O) groups is 2. The van der Waals surface area contributed by atoms with Crippen LogP contribution >= 0.6 is 0 Å². The molecule has 1 heterocycles. The van der Waals surface area contributed by atoms with E-state index in [2.05, 4.69) is 10.6 Å². The number of amides is 2. The second kappa shape index (κ2) is 8.56. The molecule has 3 aromatic rings. The standard InChI is InChI=1S/C23H23N3O3/c1-15(2)24-22(28)20-5-4-14-26(23(20)29)19-12-10-18(11-13-19)25-21(27)17-8-6-16(3)7-9-17/h4-15H,1-3H3,(H,24,28)(H,25,27). The second-order valence-electron chi connectivity index (χ2n) is 7.09. The van der Waals surface area contributed by atoms with E-state index < -0.39 is 11.5 Å². The maximum Gasteiger partial charge on any atom is 0.267 e. The molecule has 2 N–H and O–H groups in total. The lowest BCUT2D eigenvalue weighted by Gasteiger charge is -2.11. The molecule has 0 bridgehead atoms. The highest BCUT2D eigenvalue weighted by Crippen LogP contribution is 2.14. The molecule has 0 fully saturated rings. The predicted molar refractivity (Wildman–Crippen MR) is 114 cm³/mol. The zero-order valence-electron chi connectivity index (χ0n) is 16.6. The lowest BCUT2D eigenvalue weighted by molar-refractivity contribution is 0.0940. The molecule has 0 saturated carbocycles. The molecule has 148 valence electrons. The number of rotatable bonds is 5. The van der Waals surface area contributed by atoms with Crippen molar-refractivity contribution in [3.63, 3.8) is 0 Å². The largest absolute Gasteiger partial charge is 0.350 e. The first-order valence-electron chi connectivity index (χ1n) is 9.36. The van der Waals surface area contributed by atoms with E-state index in [1.807, 2.05) is 32.9 Å². The summed E-state index contributed by atoms with van der Waals surface area (Å²) in [5.41, 5.74) is 2.55. The lowest BCUT2D eigenvalue weighted by atomic mass is 10.1. The summed E-state index contributed by atoms with van der Waals surface area (Å²) in [7, 11) is 0. The Balaban J connectivity index is 1.80. The summed E-state index contributed by atoms with van der Waals surface area (Å²) in [5, 5.41) is 5.56. The van der Waals surface area contributed by atoms with Gasteiger partial charge in [0.2, 0.25) is 0 Å². The third kappa shape index (κ3) is 4.79. The van der Waals surface area contributed by atoms with Crippen LogP contribution in [-0.4, -0.2) is 22.4 Å². The molecule has 2 aromatic carbocycles. The van der Waals surface area contributed by atoms with Crippen LogP contribution in [0.5, 0.6) is 0 Å². The number of aromatic nitrogens is 1. The van der Waals surface area contributed by atoms with E-state index in [-0.39, 0.29) is 17.5 Å². The van der Waals surface area contributed by atoms with Gasteiger partial charge in [-0.1, -0.05) is 17.7 Å². The molecular weight excluding hydrogens is 366 g/mol. The minimum atomic E-state index is -0.402. The van der Waals surface area contributed by atoms with Crippen LogP contribution in [0.25, 0.3) is 5.69 Å². The Labute approximate surface area is 169 Å². The van der Waals surface area contributed by atoms with E-state index in [0.29, 0.717) is 16.9 Å². The minimum absolute atomic E-state index is 0.0630. The van der Waals surface area contributed by atoms with Crippen molar-refractivity contribution in [2.75, 3.05) is 5.32 Å². The summed E-state index contributed by atoms with van der Waals surface area (Å²) in [4.78, 5) is 37.2. The first-order chi connectivity index (χ1) is 13.8. The Bertz CT molecular complexity index is 1080. The van der Waals surface area contributed by atoms with Gasteiger partial charge in [-0.2, -0.15) is 0 Å². The van der Waals surface area contributed by atoms with E-state index >= 15 is 0 Å². The third-order valence-electron chi connectivity index (χ3n) is 4.33. The molecule has 0 saturated heterocycles. The van der Waals surface area contributed by atoms with E-state index in [4.69, 9.17) is 0 Å². The Hall–Kier alpha value is -3.67. The Kier molecular flexibility index (Phi) is 5.93. The maximum absolute atomic E-state index is 12.7. The fourth-order valence-electron chi connectivity index (χ4n) is 2.82. The lowest BCUT2D eigenvalue weighted by Crippen LogP contribution is -2.35. The molecule has 0 aliphatic carbocycles. The van der Waals surface area contributed by atoms with Gasteiger partial charge in [0.1, 0.15) is 5.56 Å². The highest BCUT2D eigenvalue weighted by Gasteiger charge is 2.14. The highest BCUT2D eigenvalue weighted by molar-refractivity contribution is 6.04. The number of nitrogens with one attached hydrogen (secondary N) is 2. The van der Waals surface area contributed by atoms with Crippen LogP contribution in [-0.2, 0) is 0 Å². The van der Waals surface area contributed by atoms with Gasteiger partial charge in [-0.3, -0.25) is 19.0 Å². The van der Waals surface area contributed by atoms with Gasteiger partial charge >= 0.3 is 0 Å². The number of hydrogen-bond donors (Lipinski definition) is 2. The Morgan fingerprint density at radius 3 is 2.17 bits per heavy atom. The first kappa shape index (κ1) is 20.1. The normalized spacial score (nSPS) is 10.6. The molecule has 0 atom stereocenters. The zero-order valence-corrected chi connectivity index (χ0v) is 16.6. The number of benzene rings is 2. The van der Waals surface area contributed by atoms with Crippen LogP contribution in [0.3, 0.4) is 0 Å². The van der Waals surface area contributed by atoms with Gasteiger partial charge in [0, 0.05) is 29.2 Å². The molecule has 0 spiro atoms. The van der Waals surface area contributed by atoms with Gasteiger partial charge in [0.15, 0.2) is 0 Å². The summed E-state index contributed by atoms with van der Waals surface area (Å²) in [6.07, 6.45) is 1.61. The van der Waals surface area contributed by atoms with Crippen LogP contribution in [0.1, 0.15) is 40.1 Å². The average molecular weight is 389 g/mol. The summed E-state index contributed by atoms with van der Waals surface area (Å²) in [6.45, 7) is 5.63. The third-order valence-corrected chi connectivity index (χ3v) is 4.33. The van der Waals surface area contributed by atoms with Crippen LogP contribution in [0.15, 0.2) is 71.7 Å². The van der Waals surface area contributed by atoms with Crippen molar-refractivity contribution < 1.29 is 9.59 Å². The van der Waals surface area contributed by atoms with Crippen LogP contribution in [0.2, 0.25) is 0 Å². The van der Waals surface area contributed by atoms with Gasteiger partial charge in [0.25, 0.3) is 17.4 Å². The Morgan fingerprint density at radius 1 is 0.897 bits per heavy atom. The topological polar surface area (TPSA) is 80.2 Å². The quantitative estimate of drug-likeness (QED) is 0.700. The van der Waals surface area contributed by atoms with Gasteiger partial charge in [-0.05, 0) is 69.3 Å². The molecule has 3 rings (SSSR count). The average Bonchev–Trinajstić information content (AvgIpc) is 2.69. The molecule has 0 aliphatic rings. The van der Waals surface area contributed by atoms with Crippen molar-refractivity contribution >= 4 is 17.5 Å². The maximum atomic E-state index is 12.7. The second-order valence-corrected chi connectivity index (χ2v) is 7.09. The van der Waals surface area contributed by atoms with E-state index in [1.54, 1.807) is 48.7 Å². The van der Waals surface area contributed by atoms with Crippen molar-refractivity contribution in [3.8, 4) is 5.69 Å². The van der Waals surface area contributed by atoms with Crippen LogP contribution < -0.4 is 16.2 Å². The number of carbonyl (C=O) groups excluding carboxylic acids is 2. The van der Waals surface area contributed by atoms with E-state index in [1.165, 1.54) is 10.6 Å². The predicted octanol–water partition coefficient (Wildman–Crippen LogP) is 3.54. The van der Waals surface area contributed by atoms with Crippen molar-refractivity contribution in [2.24, 2.45) is 0 Å². The number of aryl methyl sites for hydroxylation is 1. The van der Waals surface area contributed by atoms with E-state index in [9.17, 15) is 14.4 Å². The molecule has 0 aliphatic heterocycles. The van der Waals surface area contributed by atoms with Gasteiger partial charge in [-0.15, -0.1) is 0 Å². The summed E-state index contributed by atoms with van der Waals surface area (Å²) in [5.74, 6) is -0.608. The van der Waals surface area contributed by atoms with Gasteiger partial charge in [-0.25, -0.2) is 0 Å². The number of hydrogen-bond acceptors (Lipinski definition) is 3.